The molecule has 1 aromatic heterocycles. The molecule has 1 fully saturated rings. The second-order valence-corrected chi connectivity index (χ2v) is 5.32. The zero-order valence-corrected chi connectivity index (χ0v) is 11.8. The number of hydrogen-bond donors (Lipinski definition) is 2. The minimum atomic E-state index is -0.194. The number of hydrogen-bond acceptors (Lipinski definition) is 4. The molecule has 0 saturated carbocycles. The Morgan fingerprint density at radius 1 is 1.63 bits per heavy atom. The Morgan fingerprint density at radius 3 is 3.16 bits per heavy atom. The zero-order chi connectivity index (χ0) is 13.8. The molecule has 104 valence electrons. The lowest BCUT2D eigenvalue weighted by atomic mass is 10.0. The lowest BCUT2D eigenvalue weighted by Crippen LogP contribution is -2.44. The average Bonchev–Trinajstić information content (AvgIpc) is 2.40. The summed E-state index contributed by atoms with van der Waals surface area (Å²) in [5.74, 6) is -0.194. The third-order valence-electron chi connectivity index (χ3n) is 3.57. The number of anilines is 1. The van der Waals surface area contributed by atoms with Crippen LogP contribution in [-0.4, -0.2) is 42.0 Å². The van der Waals surface area contributed by atoms with Crippen LogP contribution in [-0.2, 0) is 0 Å². The topological polar surface area (TPSA) is 71.2 Å². The number of nitrogens with two attached hydrogens (primary N) is 1. The molecule has 0 spiro atoms. The SMILES string of the molecule is CN1CCCCC1CNC(=O)c1cc(Cl)ncc1N. The van der Waals surface area contributed by atoms with E-state index < -0.39 is 0 Å². The van der Waals surface area contributed by atoms with E-state index in [1.165, 1.54) is 25.1 Å². The van der Waals surface area contributed by atoms with Crippen molar-refractivity contribution in [2.75, 3.05) is 25.9 Å². The highest BCUT2D eigenvalue weighted by Gasteiger charge is 2.20. The molecule has 0 bridgehead atoms. The van der Waals surface area contributed by atoms with Gasteiger partial charge in [-0.25, -0.2) is 4.98 Å². The van der Waals surface area contributed by atoms with Crippen molar-refractivity contribution in [3.8, 4) is 0 Å². The number of nitrogens with one attached hydrogen (secondary N) is 1. The Balaban J connectivity index is 1.95. The first kappa shape index (κ1) is 14.1. The standard InChI is InChI=1S/C13H19ClN4O/c1-18-5-3-2-4-9(18)7-17-13(19)10-6-12(14)16-8-11(10)15/h6,8-9H,2-5,7,15H2,1H3,(H,17,19). The maximum absolute atomic E-state index is 12.1. The maximum Gasteiger partial charge on any atom is 0.253 e. The molecule has 19 heavy (non-hydrogen) atoms. The van der Waals surface area contributed by atoms with Crippen LogP contribution < -0.4 is 11.1 Å². The highest BCUT2D eigenvalue weighted by Crippen LogP contribution is 2.16. The predicted octanol–water partition coefficient (Wildman–Crippen LogP) is 1.53. The molecule has 1 saturated heterocycles. The molecule has 0 aromatic carbocycles. The number of halogens is 1. The Morgan fingerprint density at radius 2 is 2.42 bits per heavy atom. The molecule has 6 heteroatoms. The number of aromatic nitrogens is 1. The van der Waals surface area contributed by atoms with Gasteiger partial charge in [-0.05, 0) is 32.5 Å². The monoisotopic (exact) mass is 282 g/mol. The first-order chi connectivity index (χ1) is 9.08. The van der Waals surface area contributed by atoms with Crippen molar-refractivity contribution in [2.45, 2.75) is 25.3 Å². The smallest absolute Gasteiger partial charge is 0.253 e. The maximum atomic E-state index is 12.1. The van der Waals surface area contributed by atoms with Gasteiger partial charge in [-0.15, -0.1) is 0 Å². The summed E-state index contributed by atoms with van der Waals surface area (Å²) in [6, 6.07) is 1.90. The van der Waals surface area contributed by atoms with Gasteiger partial charge < -0.3 is 16.0 Å². The number of carbonyl (C=O) groups is 1. The van der Waals surface area contributed by atoms with E-state index in [1.807, 2.05) is 0 Å². The van der Waals surface area contributed by atoms with E-state index in [1.54, 1.807) is 0 Å². The van der Waals surface area contributed by atoms with E-state index in [0.29, 0.717) is 23.8 Å². The number of rotatable bonds is 3. The van der Waals surface area contributed by atoms with Crippen molar-refractivity contribution in [1.29, 1.82) is 0 Å². The molecule has 0 radical (unpaired) electrons. The Bertz CT molecular complexity index is 466. The van der Waals surface area contributed by atoms with Gasteiger partial charge >= 0.3 is 0 Å². The Labute approximate surface area is 118 Å². The van der Waals surface area contributed by atoms with Crippen LogP contribution in [0.3, 0.4) is 0 Å². The molecule has 1 amide bonds. The highest BCUT2D eigenvalue weighted by molar-refractivity contribution is 6.29. The van der Waals surface area contributed by atoms with Crippen molar-refractivity contribution < 1.29 is 4.79 Å². The summed E-state index contributed by atoms with van der Waals surface area (Å²) in [7, 11) is 2.09. The Hall–Kier alpha value is -1.33. The van der Waals surface area contributed by atoms with Crippen molar-refractivity contribution in [3.63, 3.8) is 0 Å². The number of nitrogens with zero attached hydrogens (tertiary/aromatic N) is 2. The van der Waals surface area contributed by atoms with E-state index in [-0.39, 0.29) is 11.1 Å². The van der Waals surface area contributed by atoms with Gasteiger partial charge in [0, 0.05) is 12.6 Å². The molecule has 0 aliphatic carbocycles. The van der Waals surface area contributed by atoms with Crippen molar-refractivity contribution in [1.82, 2.24) is 15.2 Å². The van der Waals surface area contributed by atoms with Gasteiger partial charge in [0.15, 0.2) is 0 Å². The number of carbonyl (C=O) groups excluding carboxylic acids is 1. The third kappa shape index (κ3) is 3.58. The average molecular weight is 283 g/mol. The summed E-state index contributed by atoms with van der Waals surface area (Å²) in [4.78, 5) is 18.2. The normalized spacial score (nSPS) is 20.2. The summed E-state index contributed by atoms with van der Waals surface area (Å²) in [5, 5.41) is 3.19. The van der Waals surface area contributed by atoms with Gasteiger partial charge in [0.1, 0.15) is 5.15 Å². The summed E-state index contributed by atoms with van der Waals surface area (Å²) in [6.45, 7) is 1.72. The highest BCUT2D eigenvalue weighted by atomic mass is 35.5. The van der Waals surface area contributed by atoms with E-state index in [9.17, 15) is 4.79 Å². The molecular weight excluding hydrogens is 264 g/mol. The predicted molar refractivity (Wildman–Crippen MR) is 76.3 cm³/mol. The summed E-state index contributed by atoms with van der Waals surface area (Å²) in [6.07, 6.45) is 4.97. The van der Waals surface area contributed by atoms with Crippen LogP contribution in [0.5, 0.6) is 0 Å². The van der Waals surface area contributed by atoms with Crippen molar-refractivity contribution >= 4 is 23.2 Å². The molecule has 1 atom stereocenters. The molecule has 1 unspecified atom stereocenters. The van der Waals surface area contributed by atoms with Crippen LogP contribution in [0.15, 0.2) is 12.3 Å². The van der Waals surface area contributed by atoms with Gasteiger partial charge in [0.2, 0.25) is 0 Å². The lowest BCUT2D eigenvalue weighted by Gasteiger charge is -2.32. The number of likely N-dealkylation sites (N-methyl/N-ethyl adjacent to an activating group) is 1. The van der Waals surface area contributed by atoms with Crippen LogP contribution in [0.2, 0.25) is 5.15 Å². The fraction of sp³-hybridized carbons (Fsp3) is 0.538. The van der Waals surface area contributed by atoms with Gasteiger partial charge in [-0.1, -0.05) is 18.0 Å². The van der Waals surface area contributed by atoms with Crippen LogP contribution in [0.25, 0.3) is 0 Å². The van der Waals surface area contributed by atoms with Crippen LogP contribution in [0, 0.1) is 0 Å². The number of pyridine rings is 1. The van der Waals surface area contributed by atoms with E-state index in [4.69, 9.17) is 17.3 Å². The van der Waals surface area contributed by atoms with Gasteiger partial charge in [-0.3, -0.25) is 4.79 Å². The zero-order valence-electron chi connectivity index (χ0n) is 11.0. The first-order valence-corrected chi connectivity index (χ1v) is 6.85. The molecule has 5 nitrogen and oxygen atoms in total. The van der Waals surface area contributed by atoms with Crippen LogP contribution in [0.4, 0.5) is 5.69 Å². The third-order valence-corrected chi connectivity index (χ3v) is 3.77. The minimum absolute atomic E-state index is 0.194. The van der Waals surface area contributed by atoms with Gasteiger partial charge in [0.25, 0.3) is 5.91 Å². The molecule has 1 aromatic rings. The second-order valence-electron chi connectivity index (χ2n) is 4.93. The second kappa shape index (κ2) is 6.21. The molecule has 2 heterocycles. The van der Waals surface area contributed by atoms with Crippen LogP contribution in [0.1, 0.15) is 29.6 Å². The molecule has 2 rings (SSSR count). The number of amides is 1. The van der Waals surface area contributed by atoms with Crippen molar-refractivity contribution in [2.24, 2.45) is 0 Å². The van der Waals surface area contributed by atoms with E-state index in [0.717, 1.165) is 13.0 Å². The molecule has 1 aliphatic rings. The molecular formula is C13H19ClN4O. The largest absolute Gasteiger partial charge is 0.397 e. The van der Waals surface area contributed by atoms with Crippen LogP contribution >= 0.6 is 11.6 Å². The van der Waals surface area contributed by atoms with Gasteiger partial charge in [-0.2, -0.15) is 0 Å². The summed E-state index contributed by atoms with van der Waals surface area (Å²) < 4.78 is 0. The minimum Gasteiger partial charge on any atom is -0.397 e. The molecule has 3 N–H and O–H groups in total. The van der Waals surface area contributed by atoms with Gasteiger partial charge in [0.05, 0.1) is 17.4 Å². The van der Waals surface area contributed by atoms with E-state index >= 15 is 0 Å². The summed E-state index contributed by atoms with van der Waals surface area (Å²) in [5.41, 5.74) is 6.47. The Kier molecular flexibility index (Phi) is 4.61. The number of likely N-dealkylation sites (tertiary alicyclic amines) is 1. The fourth-order valence-electron chi connectivity index (χ4n) is 2.34. The van der Waals surface area contributed by atoms with Crippen molar-refractivity contribution in [3.05, 3.63) is 23.0 Å². The number of piperidine rings is 1. The lowest BCUT2D eigenvalue weighted by molar-refractivity contribution is 0.0929. The summed E-state index contributed by atoms with van der Waals surface area (Å²) >= 11 is 5.78. The molecule has 1 aliphatic heterocycles. The number of nitrogen functional groups attached to an aromatic ring is 1. The van der Waals surface area contributed by atoms with E-state index in [2.05, 4.69) is 22.2 Å². The first-order valence-electron chi connectivity index (χ1n) is 6.47. The fourth-order valence-corrected chi connectivity index (χ4v) is 2.50. The quantitative estimate of drug-likeness (QED) is 0.825.